The third-order valence-electron chi connectivity index (χ3n) is 3.45. The van der Waals surface area contributed by atoms with Crippen LogP contribution in [0.5, 0.6) is 0 Å². The molecule has 1 saturated heterocycles. The van der Waals surface area contributed by atoms with E-state index in [9.17, 15) is 9.59 Å². The Morgan fingerprint density at radius 2 is 2.15 bits per heavy atom. The minimum Gasteiger partial charge on any atom is -0.395 e. The Kier molecular flexibility index (Phi) is 5.25. The number of hydrogen-bond donors (Lipinski definition) is 1. The highest BCUT2D eigenvalue weighted by Crippen LogP contribution is 2.03. The van der Waals surface area contributed by atoms with E-state index in [1.54, 1.807) is 17.2 Å². The second-order valence-electron chi connectivity index (χ2n) is 4.83. The zero-order valence-electron chi connectivity index (χ0n) is 11.4. The predicted octanol–water partition coefficient (Wildman–Crippen LogP) is -1.23. The van der Waals surface area contributed by atoms with Crippen LogP contribution in [0.3, 0.4) is 0 Å². The summed E-state index contributed by atoms with van der Waals surface area (Å²) in [6.07, 6.45) is 3.87. The number of β-amino-alcohol motifs (C(OH)–C–C–N with tert-alkyl or cyclic N) is 1. The van der Waals surface area contributed by atoms with Crippen molar-refractivity contribution in [2.45, 2.75) is 13.0 Å². The number of amides is 1. The Balaban J connectivity index is 1.93. The average molecular weight is 280 g/mol. The Hall–Kier alpha value is -1.73. The van der Waals surface area contributed by atoms with Crippen molar-refractivity contribution in [3.8, 4) is 0 Å². The maximum absolute atomic E-state index is 12.2. The molecule has 1 amide bonds. The van der Waals surface area contributed by atoms with Gasteiger partial charge >= 0.3 is 5.69 Å². The first-order valence-corrected chi connectivity index (χ1v) is 6.83. The summed E-state index contributed by atoms with van der Waals surface area (Å²) >= 11 is 0. The molecule has 0 radical (unpaired) electrons. The van der Waals surface area contributed by atoms with Gasteiger partial charge in [0.2, 0.25) is 5.91 Å². The molecule has 7 nitrogen and oxygen atoms in total. The summed E-state index contributed by atoms with van der Waals surface area (Å²) in [6, 6.07) is 1.64. The van der Waals surface area contributed by atoms with Crippen molar-refractivity contribution < 1.29 is 9.90 Å². The number of rotatable bonds is 4. The molecule has 0 aromatic carbocycles. The van der Waals surface area contributed by atoms with Crippen molar-refractivity contribution in [2.24, 2.45) is 0 Å². The zero-order valence-corrected chi connectivity index (χ0v) is 11.4. The molecule has 20 heavy (non-hydrogen) atoms. The third kappa shape index (κ3) is 3.88. The molecule has 2 rings (SSSR count). The molecule has 0 unspecified atom stereocenters. The van der Waals surface area contributed by atoms with Crippen LogP contribution in [0.15, 0.2) is 23.3 Å². The van der Waals surface area contributed by atoms with Gasteiger partial charge in [0.05, 0.1) is 6.61 Å². The molecule has 1 aliphatic heterocycles. The first-order valence-electron chi connectivity index (χ1n) is 6.83. The predicted molar refractivity (Wildman–Crippen MR) is 73.2 cm³/mol. The van der Waals surface area contributed by atoms with Crippen molar-refractivity contribution in [1.29, 1.82) is 0 Å². The molecule has 7 heteroatoms. The van der Waals surface area contributed by atoms with Gasteiger partial charge < -0.3 is 10.0 Å². The first kappa shape index (κ1) is 14.7. The van der Waals surface area contributed by atoms with Crippen LogP contribution < -0.4 is 5.69 Å². The molecule has 1 aliphatic rings. The fourth-order valence-electron chi connectivity index (χ4n) is 2.34. The highest BCUT2D eigenvalue weighted by Gasteiger charge is 2.19. The van der Waals surface area contributed by atoms with E-state index >= 15 is 0 Å². The lowest BCUT2D eigenvalue weighted by Gasteiger charge is -2.21. The average Bonchev–Trinajstić information content (AvgIpc) is 2.67. The second-order valence-corrected chi connectivity index (χ2v) is 4.83. The van der Waals surface area contributed by atoms with Crippen LogP contribution in [-0.4, -0.2) is 69.7 Å². The third-order valence-corrected chi connectivity index (χ3v) is 3.45. The first-order chi connectivity index (χ1) is 9.70. The summed E-state index contributed by atoms with van der Waals surface area (Å²) < 4.78 is 1.32. The summed E-state index contributed by atoms with van der Waals surface area (Å²) in [6.45, 7) is 3.78. The van der Waals surface area contributed by atoms with Crippen molar-refractivity contribution in [2.75, 3.05) is 39.3 Å². The van der Waals surface area contributed by atoms with E-state index in [0.717, 1.165) is 19.5 Å². The highest BCUT2D eigenvalue weighted by molar-refractivity contribution is 5.76. The van der Waals surface area contributed by atoms with Gasteiger partial charge in [0.15, 0.2) is 0 Å². The fourth-order valence-corrected chi connectivity index (χ4v) is 2.34. The monoisotopic (exact) mass is 280 g/mol. The van der Waals surface area contributed by atoms with E-state index in [1.165, 1.54) is 10.8 Å². The lowest BCUT2D eigenvalue weighted by molar-refractivity contribution is -0.131. The maximum Gasteiger partial charge on any atom is 0.347 e. The van der Waals surface area contributed by atoms with Crippen LogP contribution >= 0.6 is 0 Å². The summed E-state index contributed by atoms with van der Waals surface area (Å²) in [7, 11) is 0. The standard InChI is InChI=1S/C13H20N4O3/c18-10-9-15-4-2-6-16(8-7-15)12(19)11-17-5-1-3-14-13(17)20/h1,3,5,18H,2,4,6-11H2. The molecular weight excluding hydrogens is 260 g/mol. The van der Waals surface area contributed by atoms with Crippen LogP contribution in [-0.2, 0) is 11.3 Å². The summed E-state index contributed by atoms with van der Waals surface area (Å²) in [5.41, 5.74) is -0.405. The normalized spacial score (nSPS) is 16.9. The Morgan fingerprint density at radius 1 is 1.30 bits per heavy atom. The largest absolute Gasteiger partial charge is 0.395 e. The number of aliphatic hydroxyl groups excluding tert-OH is 1. The van der Waals surface area contributed by atoms with E-state index in [4.69, 9.17) is 5.11 Å². The SMILES string of the molecule is O=C(Cn1cccnc1=O)N1CCCN(CCO)CC1. The zero-order chi connectivity index (χ0) is 14.4. The van der Waals surface area contributed by atoms with Crippen LogP contribution in [0, 0.1) is 0 Å². The molecule has 0 atom stereocenters. The summed E-state index contributed by atoms with van der Waals surface area (Å²) in [5.74, 6) is -0.0639. The van der Waals surface area contributed by atoms with Gasteiger partial charge in [-0.2, -0.15) is 0 Å². The minimum atomic E-state index is -0.405. The Morgan fingerprint density at radius 3 is 2.90 bits per heavy atom. The molecule has 1 fully saturated rings. The van der Waals surface area contributed by atoms with Crippen LogP contribution in [0.4, 0.5) is 0 Å². The molecule has 1 aromatic heterocycles. The molecule has 1 aromatic rings. The summed E-state index contributed by atoms with van der Waals surface area (Å²) in [4.78, 5) is 31.2. The smallest absolute Gasteiger partial charge is 0.347 e. The van der Waals surface area contributed by atoms with Crippen molar-refractivity contribution in [3.63, 3.8) is 0 Å². The van der Waals surface area contributed by atoms with E-state index in [2.05, 4.69) is 9.88 Å². The summed E-state index contributed by atoms with van der Waals surface area (Å²) in [5, 5.41) is 8.94. The van der Waals surface area contributed by atoms with Crippen molar-refractivity contribution in [1.82, 2.24) is 19.4 Å². The van der Waals surface area contributed by atoms with E-state index < -0.39 is 5.69 Å². The number of aromatic nitrogens is 2. The number of hydrogen-bond acceptors (Lipinski definition) is 5. The van der Waals surface area contributed by atoms with E-state index in [-0.39, 0.29) is 19.1 Å². The van der Waals surface area contributed by atoms with Crippen LogP contribution in [0.25, 0.3) is 0 Å². The van der Waals surface area contributed by atoms with Crippen molar-refractivity contribution >= 4 is 5.91 Å². The molecule has 0 aliphatic carbocycles. The van der Waals surface area contributed by atoms with E-state index in [1.807, 2.05) is 0 Å². The Labute approximate surface area is 117 Å². The van der Waals surface area contributed by atoms with E-state index in [0.29, 0.717) is 19.6 Å². The van der Waals surface area contributed by atoms with Gasteiger partial charge in [0, 0.05) is 38.6 Å². The molecule has 0 saturated carbocycles. The molecule has 0 bridgehead atoms. The molecule has 110 valence electrons. The van der Waals surface area contributed by atoms with Gasteiger partial charge in [0.25, 0.3) is 0 Å². The highest BCUT2D eigenvalue weighted by atomic mass is 16.3. The molecule has 2 heterocycles. The minimum absolute atomic E-state index is 0.0344. The Bertz CT molecular complexity index is 502. The van der Waals surface area contributed by atoms with Crippen LogP contribution in [0.1, 0.15) is 6.42 Å². The lowest BCUT2D eigenvalue weighted by Crippen LogP contribution is -2.39. The molecule has 1 N–H and O–H groups in total. The van der Waals surface area contributed by atoms with Crippen LogP contribution in [0.2, 0.25) is 0 Å². The molecule has 0 spiro atoms. The second kappa shape index (κ2) is 7.16. The number of carbonyl (C=O) groups is 1. The van der Waals surface area contributed by atoms with Gasteiger partial charge in [-0.15, -0.1) is 0 Å². The van der Waals surface area contributed by atoms with Gasteiger partial charge in [-0.05, 0) is 19.0 Å². The number of carbonyl (C=O) groups excluding carboxylic acids is 1. The topological polar surface area (TPSA) is 78.7 Å². The maximum atomic E-state index is 12.2. The number of nitrogens with zero attached hydrogens (tertiary/aromatic N) is 4. The lowest BCUT2D eigenvalue weighted by atomic mass is 10.3. The van der Waals surface area contributed by atoms with Gasteiger partial charge in [-0.1, -0.05) is 0 Å². The van der Waals surface area contributed by atoms with Gasteiger partial charge in [-0.3, -0.25) is 14.3 Å². The quantitative estimate of drug-likeness (QED) is 0.747. The number of aliphatic hydroxyl groups is 1. The van der Waals surface area contributed by atoms with Crippen molar-refractivity contribution in [3.05, 3.63) is 28.9 Å². The fraction of sp³-hybridized carbons (Fsp3) is 0.615. The molecular formula is C13H20N4O3. The van der Waals surface area contributed by atoms with Gasteiger partial charge in [-0.25, -0.2) is 9.78 Å². The van der Waals surface area contributed by atoms with Gasteiger partial charge in [0.1, 0.15) is 6.54 Å².